The summed E-state index contributed by atoms with van der Waals surface area (Å²) in [6.07, 6.45) is 10.4. The third kappa shape index (κ3) is 6.32. The second kappa shape index (κ2) is 9.06. The molecular weight excluding hydrogens is 300 g/mol. The second-order valence-electron chi connectivity index (χ2n) is 9.55. The zero-order valence-electron chi connectivity index (χ0n) is 18.2. The van der Waals surface area contributed by atoms with Gasteiger partial charge in [-0.1, -0.05) is 96.9 Å². The van der Waals surface area contributed by atoms with E-state index in [1.54, 1.807) is 5.57 Å². The molecule has 0 atom stereocenters. The normalized spacial score (nSPS) is 16.9. The van der Waals surface area contributed by atoms with E-state index in [1.165, 1.54) is 37.7 Å². The number of hydrogen-bond donors (Lipinski definition) is 0. The Morgan fingerprint density at radius 2 is 1.56 bits per heavy atom. The van der Waals surface area contributed by atoms with Crippen LogP contribution in [0.15, 0.2) is 42.0 Å². The van der Waals surface area contributed by atoms with Gasteiger partial charge in [0, 0.05) is 0 Å². The first-order chi connectivity index (χ1) is 11.6. The van der Waals surface area contributed by atoms with Gasteiger partial charge >= 0.3 is 0 Å². The van der Waals surface area contributed by atoms with E-state index in [2.05, 4.69) is 85.7 Å². The summed E-state index contributed by atoms with van der Waals surface area (Å²) in [7, 11) is 0. The van der Waals surface area contributed by atoms with Crippen molar-refractivity contribution in [1.29, 1.82) is 0 Å². The molecule has 0 heteroatoms. The molecule has 1 saturated carbocycles. The molecular formula is C25H42. The van der Waals surface area contributed by atoms with Gasteiger partial charge in [0.25, 0.3) is 0 Å². The SMILES string of the molecule is C/C=C(/CC(C)(C)C)C(C)(C)C1(CCC)CC1.CCc1ccccc1. The molecule has 0 heterocycles. The van der Waals surface area contributed by atoms with Crippen molar-refractivity contribution in [1.82, 2.24) is 0 Å². The Labute approximate surface area is 158 Å². The van der Waals surface area contributed by atoms with Crippen molar-refractivity contribution in [2.45, 2.75) is 93.9 Å². The predicted octanol–water partition coefficient (Wildman–Crippen LogP) is 8.22. The molecule has 0 radical (unpaired) electrons. The number of benzene rings is 1. The first-order valence-corrected chi connectivity index (χ1v) is 10.3. The van der Waals surface area contributed by atoms with Gasteiger partial charge in [0.05, 0.1) is 0 Å². The standard InChI is InChI=1S/C17H32.C8H10/c1-8-10-17(11-12-17)16(6,7)14(9-2)13-15(3,4)5;1-2-8-6-4-3-5-7-8/h9H,8,10-13H2,1-7H3;3-7H,2H2,1H3/b14-9-;. The quantitative estimate of drug-likeness (QED) is 0.457. The topological polar surface area (TPSA) is 0 Å². The van der Waals surface area contributed by atoms with Crippen LogP contribution in [0.4, 0.5) is 0 Å². The van der Waals surface area contributed by atoms with Gasteiger partial charge < -0.3 is 0 Å². The van der Waals surface area contributed by atoms with Gasteiger partial charge in [0.15, 0.2) is 0 Å². The van der Waals surface area contributed by atoms with Crippen molar-refractivity contribution >= 4 is 0 Å². The monoisotopic (exact) mass is 342 g/mol. The highest BCUT2D eigenvalue weighted by atomic mass is 14.6. The molecule has 2 rings (SSSR count). The van der Waals surface area contributed by atoms with Gasteiger partial charge in [-0.2, -0.15) is 0 Å². The van der Waals surface area contributed by atoms with Crippen LogP contribution in [0.1, 0.15) is 93.1 Å². The van der Waals surface area contributed by atoms with E-state index in [9.17, 15) is 0 Å². The van der Waals surface area contributed by atoms with Gasteiger partial charge in [-0.05, 0) is 60.8 Å². The van der Waals surface area contributed by atoms with Crippen molar-refractivity contribution in [2.75, 3.05) is 0 Å². The number of allylic oxidation sites excluding steroid dienone is 2. The maximum atomic E-state index is 2.48. The fourth-order valence-corrected chi connectivity index (χ4v) is 4.13. The van der Waals surface area contributed by atoms with Crippen LogP contribution in [0, 0.1) is 16.2 Å². The molecule has 0 unspecified atom stereocenters. The summed E-state index contributed by atoms with van der Waals surface area (Å²) in [5.74, 6) is 0. The van der Waals surface area contributed by atoms with E-state index in [0.29, 0.717) is 16.2 Å². The van der Waals surface area contributed by atoms with Gasteiger partial charge in [-0.15, -0.1) is 0 Å². The molecule has 1 aromatic rings. The Morgan fingerprint density at radius 3 is 1.88 bits per heavy atom. The Bertz CT molecular complexity index is 521. The lowest BCUT2D eigenvalue weighted by Gasteiger charge is -2.40. The zero-order chi connectivity index (χ0) is 19.1. The Morgan fingerprint density at radius 1 is 1.00 bits per heavy atom. The first kappa shape index (κ1) is 22.0. The first-order valence-electron chi connectivity index (χ1n) is 10.3. The molecule has 1 aromatic carbocycles. The maximum absolute atomic E-state index is 2.48. The second-order valence-corrected chi connectivity index (χ2v) is 9.55. The summed E-state index contributed by atoms with van der Waals surface area (Å²) in [6.45, 7) is 18.7. The highest BCUT2D eigenvalue weighted by Crippen LogP contribution is 2.65. The summed E-state index contributed by atoms with van der Waals surface area (Å²) in [6, 6.07) is 10.5. The lowest BCUT2D eigenvalue weighted by Crippen LogP contribution is -2.30. The molecule has 142 valence electrons. The fraction of sp³-hybridized carbons (Fsp3) is 0.680. The summed E-state index contributed by atoms with van der Waals surface area (Å²) < 4.78 is 0. The molecule has 0 N–H and O–H groups in total. The molecule has 0 nitrogen and oxygen atoms in total. The van der Waals surface area contributed by atoms with Crippen molar-refractivity contribution < 1.29 is 0 Å². The Hall–Kier alpha value is -1.04. The van der Waals surface area contributed by atoms with Crippen LogP contribution < -0.4 is 0 Å². The lowest BCUT2D eigenvalue weighted by atomic mass is 9.65. The van der Waals surface area contributed by atoms with Crippen molar-refractivity contribution in [2.24, 2.45) is 16.2 Å². The van der Waals surface area contributed by atoms with Gasteiger partial charge in [-0.25, -0.2) is 0 Å². The van der Waals surface area contributed by atoms with Gasteiger partial charge in [0.2, 0.25) is 0 Å². The zero-order valence-corrected chi connectivity index (χ0v) is 18.2. The molecule has 0 saturated heterocycles. The van der Waals surface area contributed by atoms with Crippen LogP contribution in [0.25, 0.3) is 0 Å². The van der Waals surface area contributed by atoms with E-state index in [1.807, 2.05) is 6.07 Å². The van der Waals surface area contributed by atoms with Gasteiger partial charge in [0.1, 0.15) is 0 Å². The maximum Gasteiger partial charge on any atom is -0.00882 e. The van der Waals surface area contributed by atoms with Gasteiger partial charge in [-0.3, -0.25) is 0 Å². The minimum Gasteiger partial charge on any atom is -0.0879 e. The van der Waals surface area contributed by atoms with Crippen LogP contribution in [0.3, 0.4) is 0 Å². The highest BCUT2D eigenvalue weighted by Gasteiger charge is 2.54. The third-order valence-electron chi connectivity index (χ3n) is 6.03. The molecule has 0 aliphatic heterocycles. The minimum absolute atomic E-state index is 0.394. The molecule has 25 heavy (non-hydrogen) atoms. The van der Waals surface area contributed by atoms with Crippen molar-refractivity contribution in [3.8, 4) is 0 Å². The lowest BCUT2D eigenvalue weighted by molar-refractivity contribution is 0.199. The van der Waals surface area contributed by atoms with Crippen molar-refractivity contribution in [3.63, 3.8) is 0 Å². The Balaban J connectivity index is 0.000000324. The van der Waals surface area contributed by atoms with Crippen LogP contribution in [-0.4, -0.2) is 0 Å². The number of aryl methyl sites for hydroxylation is 1. The number of hydrogen-bond acceptors (Lipinski definition) is 0. The van der Waals surface area contributed by atoms with Crippen LogP contribution >= 0.6 is 0 Å². The molecule has 1 aliphatic carbocycles. The molecule has 0 aromatic heterocycles. The highest BCUT2D eigenvalue weighted by molar-refractivity contribution is 5.22. The fourth-order valence-electron chi connectivity index (χ4n) is 4.13. The largest absolute Gasteiger partial charge is 0.0879 e. The molecule has 0 spiro atoms. The summed E-state index contributed by atoms with van der Waals surface area (Å²) in [4.78, 5) is 0. The summed E-state index contributed by atoms with van der Waals surface area (Å²) in [5, 5.41) is 0. The van der Waals surface area contributed by atoms with E-state index < -0.39 is 0 Å². The summed E-state index contributed by atoms with van der Waals surface area (Å²) in [5.41, 5.74) is 4.50. The predicted molar refractivity (Wildman–Crippen MR) is 114 cm³/mol. The van der Waals surface area contributed by atoms with Crippen LogP contribution in [-0.2, 0) is 6.42 Å². The van der Waals surface area contributed by atoms with E-state index in [4.69, 9.17) is 0 Å². The molecule has 1 aliphatic rings. The smallest absolute Gasteiger partial charge is 0.00882 e. The van der Waals surface area contributed by atoms with E-state index in [-0.39, 0.29) is 0 Å². The molecule has 0 amide bonds. The Kier molecular flexibility index (Phi) is 7.97. The average Bonchev–Trinajstić information content (AvgIpc) is 3.35. The van der Waals surface area contributed by atoms with Crippen LogP contribution in [0.2, 0.25) is 0 Å². The van der Waals surface area contributed by atoms with E-state index in [0.717, 1.165) is 6.42 Å². The third-order valence-corrected chi connectivity index (χ3v) is 6.03. The summed E-state index contributed by atoms with van der Waals surface area (Å²) >= 11 is 0. The number of rotatable bonds is 6. The minimum atomic E-state index is 0.394. The molecule has 0 bridgehead atoms. The molecule has 1 fully saturated rings. The average molecular weight is 343 g/mol. The van der Waals surface area contributed by atoms with Crippen molar-refractivity contribution in [3.05, 3.63) is 47.5 Å². The van der Waals surface area contributed by atoms with E-state index >= 15 is 0 Å². The van der Waals surface area contributed by atoms with Crippen LogP contribution in [0.5, 0.6) is 0 Å².